The summed E-state index contributed by atoms with van der Waals surface area (Å²) in [7, 11) is 0. The summed E-state index contributed by atoms with van der Waals surface area (Å²) in [4.78, 5) is 17.4. The van der Waals surface area contributed by atoms with Crippen molar-refractivity contribution in [3.63, 3.8) is 0 Å². The number of aromatic amines is 1. The molecule has 0 bridgehead atoms. The molecule has 32 heavy (non-hydrogen) atoms. The van der Waals surface area contributed by atoms with E-state index in [1.54, 1.807) is 4.68 Å². The number of hydrogen-bond acceptors (Lipinski definition) is 5. The highest BCUT2D eigenvalue weighted by Gasteiger charge is 2.43. The number of ether oxygens (including phenoxy) is 1. The summed E-state index contributed by atoms with van der Waals surface area (Å²) < 4.78 is 8.13. The second kappa shape index (κ2) is 8.46. The van der Waals surface area contributed by atoms with Crippen molar-refractivity contribution in [2.24, 2.45) is 0 Å². The van der Waals surface area contributed by atoms with Crippen molar-refractivity contribution in [2.45, 2.75) is 57.8 Å². The molecule has 4 heterocycles. The zero-order valence-corrected chi connectivity index (χ0v) is 19.2. The Bertz CT molecular complexity index is 1190. The van der Waals surface area contributed by atoms with Gasteiger partial charge in [-0.1, -0.05) is 22.9 Å². The molecule has 2 aromatic heterocycles. The lowest BCUT2D eigenvalue weighted by molar-refractivity contribution is -0.113. The summed E-state index contributed by atoms with van der Waals surface area (Å²) in [6.07, 6.45) is 4.73. The molecule has 8 heteroatoms. The largest absolute Gasteiger partial charge is 0.370 e. The standard InChI is InChI=1S/C24H28ClN5O2/c1-16-3-4-19(23(31)26-16)13-30-15-21(27-28-30)14-29-9-8-24(12-17(29)2)22-11-20(25)6-5-18(22)7-10-32-24/h3-6,11,15,17H,7-10,12-14H2,1-2H3,(H,26,31)/t17-,24+/m0/s1. The molecule has 1 saturated heterocycles. The number of halogens is 1. The smallest absolute Gasteiger partial charge is 0.253 e. The Balaban J connectivity index is 1.27. The van der Waals surface area contributed by atoms with Crippen molar-refractivity contribution < 1.29 is 4.74 Å². The number of aromatic nitrogens is 4. The van der Waals surface area contributed by atoms with Gasteiger partial charge in [-0.2, -0.15) is 0 Å². The molecule has 1 fully saturated rings. The molecule has 0 amide bonds. The van der Waals surface area contributed by atoms with Crippen LogP contribution in [0.1, 0.15) is 47.8 Å². The van der Waals surface area contributed by atoms with Gasteiger partial charge in [0.05, 0.1) is 30.6 Å². The Morgan fingerprint density at radius 2 is 2.16 bits per heavy atom. The summed E-state index contributed by atoms with van der Waals surface area (Å²) in [6.45, 7) is 6.93. The van der Waals surface area contributed by atoms with Crippen LogP contribution in [0.3, 0.4) is 0 Å². The fourth-order valence-corrected chi connectivity index (χ4v) is 5.26. The van der Waals surface area contributed by atoms with Gasteiger partial charge in [-0.15, -0.1) is 5.10 Å². The molecule has 0 saturated carbocycles. The van der Waals surface area contributed by atoms with Crippen LogP contribution in [-0.4, -0.2) is 44.1 Å². The average Bonchev–Trinajstić information content (AvgIpc) is 3.20. The number of H-pyrrole nitrogens is 1. The van der Waals surface area contributed by atoms with Crippen LogP contribution in [0.2, 0.25) is 5.02 Å². The van der Waals surface area contributed by atoms with E-state index in [1.807, 2.05) is 31.3 Å². The lowest BCUT2D eigenvalue weighted by atomic mass is 9.77. The minimum Gasteiger partial charge on any atom is -0.370 e. The van der Waals surface area contributed by atoms with E-state index in [1.165, 1.54) is 11.1 Å². The van der Waals surface area contributed by atoms with Crippen molar-refractivity contribution in [2.75, 3.05) is 13.2 Å². The van der Waals surface area contributed by atoms with Crippen molar-refractivity contribution in [1.82, 2.24) is 24.9 Å². The molecule has 7 nitrogen and oxygen atoms in total. The third kappa shape index (κ3) is 4.12. The quantitative estimate of drug-likeness (QED) is 0.655. The van der Waals surface area contributed by atoms with E-state index in [4.69, 9.17) is 16.3 Å². The van der Waals surface area contributed by atoms with Gasteiger partial charge >= 0.3 is 0 Å². The highest BCUT2D eigenvalue weighted by atomic mass is 35.5. The Morgan fingerprint density at radius 3 is 2.97 bits per heavy atom. The number of pyridine rings is 1. The van der Waals surface area contributed by atoms with E-state index in [-0.39, 0.29) is 11.2 Å². The van der Waals surface area contributed by atoms with Crippen LogP contribution in [-0.2, 0) is 29.8 Å². The predicted octanol–water partition coefficient (Wildman–Crippen LogP) is 3.43. The number of fused-ring (bicyclic) bond motifs is 2. The van der Waals surface area contributed by atoms with Crippen molar-refractivity contribution in [1.29, 1.82) is 0 Å². The molecule has 1 spiro atoms. The molecular formula is C24H28ClN5O2. The third-order valence-electron chi connectivity index (χ3n) is 6.78. The minimum atomic E-state index is -0.252. The Kier molecular flexibility index (Phi) is 5.65. The Morgan fingerprint density at radius 1 is 1.28 bits per heavy atom. The number of aryl methyl sites for hydroxylation is 1. The highest BCUT2D eigenvalue weighted by Crippen LogP contribution is 2.44. The van der Waals surface area contributed by atoms with E-state index >= 15 is 0 Å². The molecule has 0 unspecified atom stereocenters. The van der Waals surface area contributed by atoms with Crippen LogP contribution in [0.15, 0.2) is 41.3 Å². The van der Waals surface area contributed by atoms with Gasteiger partial charge in [0.1, 0.15) is 0 Å². The summed E-state index contributed by atoms with van der Waals surface area (Å²) in [5, 5.41) is 9.36. The molecule has 1 N–H and O–H groups in total. The monoisotopic (exact) mass is 453 g/mol. The molecule has 2 aliphatic rings. The first-order valence-corrected chi connectivity index (χ1v) is 11.5. The fourth-order valence-electron chi connectivity index (χ4n) is 5.09. The first kappa shape index (κ1) is 21.4. The summed E-state index contributed by atoms with van der Waals surface area (Å²) in [5.74, 6) is 0. The van der Waals surface area contributed by atoms with Crippen LogP contribution in [0.5, 0.6) is 0 Å². The number of nitrogens with one attached hydrogen (secondary N) is 1. The minimum absolute atomic E-state index is 0.0788. The third-order valence-corrected chi connectivity index (χ3v) is 7.02. The van der Waals surface area contributed by atoms with Crippen LogP contribution < -0.4 is 5.56 Å². The van der Waals surface area contributed by atoms with Gasteiger partial charge in [0, 0.05) is 35.4 Å². The maximum Gasteiger partial charge on any atom is 0.253 e. The first-order chi connectivity index (χ1) is 15.4. The highest BCUT2D eigenvalue weighted by molar-refractivity contribution is 6.30. The molecule has 168 valence electrons. The number of rotatable bonds is 4. The number of hydrogen-bond donors (Lipinski definition) is 1. The summed E-state index contributed by atoms with van der Waals surface area (Å²) in [5.41, 5.74) is 4.72. The predicted molar refractivity (Wildman–Crippen MR) is 123 cm³/mol. The average molecular weight is 454 g/mol. The van der Waals surface area contributed by atoms with Gasteiger partial charge in [-0.05, 0) is 68.5 Å². The van der Waals surface area contributed by atoms with E-state index in [0.29, 0.717) is 18.2 Å². The molecule has 5 rings (SSSR count). The van der Waals surface area contributed by atoms with Crippen molar-refractivity contribution >= 4 is 11.6 Å². The number of likely N-dealkylation sites (tertiary alicyclic amines) is 1. The zero-order chi connectivity index (χ0) is 22.3. The van der Waals surface area contributed by atoms with Crippen LogP contribution >= 0.6 is 11.6 Å². The van der Waals surface area contributed by atoms with Crippen LogP contribution in [0.25, 0.3) is 0 Å². The van der Waals surface area contributed by atoms with Gasteiger partial charge in [-0.3, -0.25) is 9.69 Å². The molecule has 2 atom stereocenters. The van der Waals surface area contributed by atoms with Gasteiger partial charge in [0.25, 0.3) is 5.56 Å². The second-order valence-electron chi connectivity index (χ2n) is 9.07. The first-order valence-electron chi connectivity index (χ1n) is 11.2. The van der Waals surface area contributed by atoms with Gasteiger partial charge in [0.15, 0.2) is 0 Å². The maximum absolute atomic E-state index is 12.1. The lowest BCUT2D eigenvalue weighted by Gasteiger charge is -2.48. The van der Waals surface area contributed by atoms with Gasteiger partial charge in [0.2, 0.25) is 0 Å². The topological polar surface area (TPSA) is 76.0 Å². The summed E-state index contributed by atoms with van der Waals surface area (Å²) >= 11 is 6.32. The van der Waals surface area contributed by atoms with E-state index in [0.717, 1.165) is 55.4 Å². The Labute approximate surface area is 192 Å². The zero-order valence-electron chi connectivity index (χ0n) is 18.5. The maximum atomic E-state index is 12.1. The molecule has 1 aromatic carbocycles. The van der Waals surface area contributed by atoms with Crippen molar-refractivity contribution in [3.8, 4) is 0 Å². The lowest BCUT2D eigenvalue weighted by Crippen LogP contribution is -2.50. The number of benzene rings is 1. The normalized spacial score (nSPS) is 23.4. The van der Waals surface area contributed by atoms with Crippen LogP contribution in [0, 0.1) is 6.92 Å². The molecule has 3 aromatic rings. The molecule has 0 radical (unpaired) electrons. The number of piperidine rings is 1. The van der Waals surface area contributed by atoms with E-state index in [9.17, 15) is 4.79 Å². The SMILES string of the molecule is Cc1ccc(Cn2cc(CN3CC[C@]4(C[C@@H]3C)OCCc3ccc(Cl)cc34)nn2)c(=O)[nH]1. The molecule has 0 aliphatic carbocycles. The fraction of sp³-hybridized carbons (Fsp3) is 0.458. The second-order valence-corrected chi connectivity index (χ2v) is 9.51. The van der Waals surface area contributed by atoms with Gasteiger partial charge in [-0.25, -0.2) is 4.68 Å². The van der Waals surface area contributed by atoms with E-state index < -0.39 is 0 Å². The van der Waals surface area contributed by atoms with E-state index in [2.05, 4.69) is 39.3 Å². The summed E-state index contributed by atoms with van der Waals surface area (Å²) in [6, 6.07) is 10.3. The van der Waals surface area contributed by atoms with Gasteiger partial charge < -0.3 is 9.72 Å². The molecular weight excluding hydrogens is 426 g/mol. The Hall–Kier alpha value is -2.48. The van der Waals surface area contributed by atoms with Crippen LogP contribution in [0.4, 0.5) is 0 Å². The van der Waals surface area contributed by atoms with Crippen molar-refractivity contribution in [3.05, 3.63) is 80.0 Å². The number of nitrogens with zero attached hydrogens (tertiary/aromatic N) is 4. The molecule has 2 aliphatic heterocycles.